The van der Waals surface area contributed by atoms with Crippen LogP contribution in [-0.4, -0.2) is 52.4 Å². The van der Waals surface area contributed by atoms with Crippen LogP contribution in [0.4, 0.5) is 0 Å². The van der Waals surface area contributed by atoms with Crippen molar-refractivity contribution in [2.75, 3.05) is 19.6 Å². The molecule has 0 aliphatic carbocycles. The molecule has 0 spiro atoms. The molecule has 0 bridgehead atoms. The second kappa shape index (κ2) is 7.59. The lowest BCUT2D eigenvalue weighted by atomic mass is 10.0. The maximum atomic E-state index is 13.2. The number of amides is 2. The smallest absolute Gasteiger partial charge is 0.258 e. The molecule has 1 atom stereocenters. The largest absolute Gasteiger partial charge is 0.506 e. The first-order chi connectivity index (χ1) is 13.2. The third kappa shape index (κ3) is 3.38. The highest BCUT2D eigenvalue weighted by Gasteiger charge is 2.37. The van der Waals surface area contributed by atoms with Gasteiger partial charge in [0.2, 0.25) is 5.91 Å². The van der Waals surface area contributed by atoms with Gasteiger partial charge in [0.25, 0.3) is 5.91 Å². The molecule has 2 amide bonds. The first kappa shape index (κ1) is 17.8. The van der Waals surface area contributed by atoms with Crippen LogP contribution in [-0.2, 0) is 4.79 Å². The molecule has 2 aliphatic heterocycles. The van der Waals surface area contributed by atoms with E-state index in [0.717, 1.165) is 37.7 Å². The fraction of sp³-hybridized carbons (Fsp3) is 0.455. The number of hydrogen-bond acceptors (Lipinski definition) is 3. The molecule has 2 heterocycles. The van der Waals surface area contributed by atoms with Gasteiger partial charge in [-0.25, -0.2) is 0 Å². The van der Waals surface area contributed by atoms with Crippen LogP contribution in [0.5, 0.6) is 5.75 Å². The molecule has 2 aromatic rings. The molecule has 2 fully saturated rings. The molecule has 2 saturated heterocycles. The Hall–Kier alpha value is -2.56. The fourth-order valence-electron chi connectivity index (χ4n) is 4.35. The van der Waals surface area contributed by atoms with Crippen LogP contribution in [0.2, 0.25) is 0 Å². The van der Waals surface area contributed by atoms with Gasteiger partial charge in [0, 0.05) is 25.0 Å². The van der Waals surface area contributed by atoms with Crippen LogP contribution in [0.3, 0.4) is 0 Å². The minimum absolute atomic E-state index is 0.00553. The maximum Gasteiger partial charge on any atom is 0.258 e. The fourth-order valence-corrected chi connectivity index (χ4v) is 4.35. The molecule has 1 unspecified atom stereocenters. The summed E-state index contributed by atoms with van der Waals surface area (Å²) >= 11 is 0. The number of phenols is 1. The van der Waals surface area contributed by atoms with Crippen LogP contribution >= 0.6 is 0 Å². The zero-order valence-electron chi connectivity index (χ0n) is 15.6. The van der Waals surface area contributed by atoms with Gasteiger partial charge in [0.1, 0.15) is 11.8 Å². The van der Waals surface area contributed by atoms with Crippen LogP contribution < -0.4 is 0 Å². The van der Waals surface area contributed by atoms with Crippen LogP contribution in [0.15, 0.2) is 36.4 Å². The Balaban J connectivity index is 1.59. The molecular formula is C22H26N2O3. The van der Waals surface area contributed by atoms with Crippen molar-refractivity contribution in [1.29, 1.82) is 0 Å². The Kier molecular flexibility index (Phi) is 5.01. The maximum absolute atomic E-state index is 13.2. The predicted octanol–water partition coefficient (Wildman–Crippen LogP) is 3.55. The summed E-state index contributed by atoms with van der Waals surface area (Å²) in [7, 11) is 0. The van der Waals surface area contributed by atoms with Gasteiger partial charge >= 0.3 is 0 Å². The van der Waals surface area contributed by atoms with Gasteiger partial charge in [-0.05, 0) is 37.1 Å². The lowest BCUT2D eigenvalue weighted by Gasteiger charge is -2.30. The molecule has 142 valence electrons. The first-order valence-corrected chi connectivity index (χ1v) is 9.97. The van der Waals surface area contributed by atoms with Gasteiger partial charge in [-0.2, -0.15) is 0 Å². The molecule has 27 heavy (non-hydrogen) atoms. The zero-order valence-corrected chi connectivity index (χ0v) is 15.6. The summed E-state index contributed by atoms with van der Waals surface area (Å²) in [5.41, 5.74) is 0.282. The van der Waals surface area contributed by atoms with E-state index in [-0.39, 0.29) is 23.1 Å². The summed E-state index contributed by atoms with van der Waals surface area (Å²) in [5.74, 6) is -0.169. The molecular weight excluding hydrogens is 340 g/mol. The minimum Gasteiger partial charge on any atom is -0.506 e. The highest BCUT2D eigenvalue weighted by molar-refractivity contribution is 6.05. The summed E-state index contributed by atoms with van der Waals surface area (Å²) in [6.45, 7) is 2.15. The quantitative estimate of drug-likeness (QED) is 0.884. The van der Waals surface area contributed by atoms with Crippen molar-refractivity contribution in [3.8, 4) is 5.75 Å². The van der Waals surface area contributed by atoms with Crippen molar-refractivity contribution in [2.24, 2.45) is 0 Å². The Bertz CT molecular complexity index is 856. The minimum atomic E-state index is -0.401. The monoisotopic (exact) mass is 366 g/mol. The highest BCUT2D eigenvalue weighted by atomic mass is 16.3. The number of carbonyl (C=O) groups is 2. The van der Waals surface area contributed by atoms with Crippen molar-refractivity contribution in [3.63, 3.8) is 0 Å². The molecule has 0 aromatic heterocycles. The van der Waals surface area contributed by atoms with E-state index in [1.165, 1.54) is 12.8 Å². The number of benzene rings is 2. The number of hydrogen-bond donors (Lipinski definition) is 1. The molecule has 2 aliphatic rings. The second-order valence-corrected chi connectivity index (χ2v) is 7.58. The van der Waals surface area contributed by atoms with Crippen molar-refractivity contribution in [3.05, 3.63) is 42.0 Å². The average molecular weight is 366 g/mol. The molecule has 4 rings (SSSR count). The summed E-state index contributed by atoms with van der Waals surface area (Å²) in [6.07, 6.45) is 5.94. The Morgan fingerprint density at radius 2 is 1.63 bits per heavy atom. The summed E-state index contributed by atoms with van der Waals surface area (Å²) in [6, 6.07) is 10.6. The number of aromatic hydroxyl groups is 1. The highest BCUT2D eigenvalue weighted by Crippen LogP contribution is 2.31. The SMILES string of the molecule is O=C(C1CCCN1C(=O)c1ccc2ccccc2c1O)N1CCCCCC1. The van der Waals surface area contributed by atoms with Gasteiger partial charge < -0.3 is 14.9 Å². The second-order valence-electron chi connectivity index (χ2n) is 7.58. The lowest BCUT2D eigenvalue weighted by Crippen LogP contribution is -2.48. The Labute approximate surface area is 159 Å². The average Bonchev–Trinajstić information content (AvgIpc) is 3.02. The Morgan fingerprint density at radius 3 is 2.41 bits per heavy atom. The van der Waals surface area contributed by atoms with Crippen molar-refractivity contribution < 1.29 is 14.7 Å². The Morgan fingerprint density at radius 1 is 0.889 bits per heavy atom. The van der Waals surface area contributed by atoms with E-state index in [4.69, 9.17) is 0 Å². The van der Waals surface area contributed by atoms with Gasteiger partial charge in [0.15, 0.2) is 0 Å². The summed E-state index contributed by atoms with van der Waals surface area (Å²) in [4.78, 5) is 29.8. The summed E-state index contributed by atoms with van der Waals surface area (Å²) in [5, 5.41) is 12.2. The predicted molar refractivity (Wildman–Crippen MR) is 105 cm³/mol. The molecule has 5 nitrogen and oxygen atoms in total. The summed E-state index contributed by atoms with van der Waals surface area (Å²) < 4.78 is 0. The van der Waals surface area contributed by atoms with E-state index in [1.807, 2.05) is 35.2 Å². The molecule has 0 radical (unpaired) electrons. The van der Waals surface area contributed by atoms with Crippen LogP contribution in [0.25, 0.3) is 10.8 Å². The van der Waals surface area contributed by atoms with Gasteiger partial charge in [-0.15, -0.1) is 0 Å². The number of fused-ring (bicyclic) bond motifs is 1. The number of likely N-dealkylation sites (tertiary alicyclic amines) is 2. The topological polar surface area (TPSA) is 60.9 Å². The van der Waals surface area contributed by atoms with Gasteiger partial charge in [-0.1, -0.05) is 43.2 Å². The molecule has 1 N–H and O–H groups in total. The number of nitrogens with zero attached hydrogens (tertiary/aromatic N) is 2. The number of rotatable bonds is 2. The van der Waals surface area contributed by atoms with Crippen LogP contribution in [0, 0.1) is 0 Å². The number of carbonyl (C=O) groups excluding carboxylic acids is 2. The van der Waals surface area contributed by atoms with Crippen molar-refractivity contribution >= 4 is 22.6 Å². The zero-order chi connectivity index (χ0) is 18.8. The van der Waals surface area contributed by atoms with Crippen molar-refractivity contribution in [1.82, 2.24) is 9.80 Å². The van der Waals surface area contributed by atoms with E-state index < -0.39 is 6.04 Å². The molecule has 5 heteroatoms. The standard InChI is InChI=1S/C22H26N2O3/c25-20-17-9-4-3-8-16(17)11-12-18(20)21(26)24-15-7-10-19(24)22(27)23-13-5-1-2-6-14-23/h3-4,8-9,11-12,19,25H,1-2,5-7,10,13-15H2. The van der Waals surface area contributed by atoms with E-state index in [2.05, 4.69) is 0 Å². The van der Waals surface area contributed by atoms with E-state index >= 15 is 0 Å². The first-order valence-electron chi connectivity index (χ1n) is 9.97. The normalized spacial score (nSPS) is 20.7. The van der Waals surface area contributed by atoms with E-state index in [1.54, 1.807) is 11.0 Å². The van der Waals surface area contributed by atoms with Crippen molar-refractivity contribution in [2.45, 2.75) is 44.6 Å². The molecule has 2 aromatic carbocycles. The lowest BCUT2D eigenvalue weighted by molar-refractivity contribution is -0.135. The van der Waals surface area contributed by atoms with Gasteiger partial charge in [-0.3, -0.25) is 9.59 Å². The third-order valence-electron chi connectivity index (χ3n) is 5.85. The number of phenolic OH excluding ortho intramolecular Hbond substituents is 1. The molecule has 0 saturated carbocycles. The van der Waals surface area contributed by atoms with E-state index in [9.17, 15) is 14.7 Å². The van der Waals surface area contributed by atoms with Crippen LogP contribution in [0.1, 0.15) is 48.9 Å². The third-order valence-corrected chi connectivity index (χ3v) is 5.85. The van der Waals surface area contributed by atoms with E-state index in [0.29, 0.717) is 18.4 Å². The van der Waals surface area contributed by atoms with Gasteiger partial charge in [0.05, 0.1) is 5.56 Å².